The number of nitrogen functional groups attached to an aromatic ring is 1. The van der Waals surface area contributed by atoms with Gasteiger partial charge < -0.3 is 10.7 Å². The van der Waals surface area contributed by atoms with Crippen LogP contribution in [0.3, 0.4) is 0 Å². The molecule has 0 radical (unpaired) electrons. The van der Waals surface area contributed by atoms with Crippen LogP contribution in [-0.2, 0) is 4.84 Å². The van der Waals surface area contributed by atoms with Crippen molar-refractivity contribution in [3.8, 4) is 0 Å². The number of nitrogens with two attached hydrogens (primary N) is 2. The average molecular weight is 206 g/mol. The maximum atomic E-state index is 11.2. The number of aryl methyl sites for hydroxylation is 1. The molecule has 6 heteroatoms. The summed E-state index contributed by atoms with van der Waals surface area (Å²) in [4.78, 5) is 19.5. The zero-order chi connectivity index (χ0) is 11.0. The van der Waals surface area contributed by atoms with Gasteiger partial charge in [-0.3, -0.25) is 0 Å². The largest absolute Gasteiger partial charge is 0.370 e. The van der Waals surface area contributed by atoms with Gasteiger partial charge in [-0.2, -0.15) is 5.90 Å². The molecule has 0 amide bonds. The Morgan fingerprint density at radius 2 is 2.27 bits per heavy atom. The minimum absolute atomic E-state index is 0.344. The summed E-state index contributed by atoms with van der Waals surface area (Å²) in [6, 6.07) is 4.87. The van der Waals surface area contributed by atoms with Crippen molar-refractivity contribution in [3.63, 3.8) is 0 Å². The van der Waals surface area contributed by atoms with E-state index in [1.54, 1.807) is 25.1 Å². The number of carbonyl (C=O) groups is 1. The van der Waals surface area contributed by atoms with E-state index in [4.69, 9.17) is 11.7 Å². The summed E-state index contributed by atoms with van der Waals surface area (Å²) in [7, 11) is 0. The van der Waals surface area contributed by atoms with Crippen LogP contribution in [-0.4, -0.2) is 15.6 Å². The number of benzene rings is 1. The molecule has 0 spiro atoms. The van der Waals surface area contributed by atoms with E-state index in [1.807, 2.05) is 0 Å². The fourth-order valence-corrected chi connectivity index (χ4v) is 1.41. The van der Waals surface area contributed by atoms with Gasteiger partial charge in [0, 0.05) is 0 Å². The van der Waals surface area contributed by atoms with Crippen LogP contribution in [0.4, 0.5) is 0 Å². The van der Waals surface area contributed by atoms with Crippen LogP contribution in [0.15, 0.2) is 18.2 Å². The first-order chi connectivity index (χ1) is 7.13. The van der Waals surface area contributed by atoms with Gasteiger partial charge in [-0.15, -0.1) is 0 Å². The molecule has 0 unspecified atom stereocenters. The van der Waals surface area contributed by atoms with Crippen molar-refractivity contribution in [2.75, 3.05) is 5.84 Å². The molecule has 15 heavy (non-hydrogen) atoms. The molecule has 0 aliphatic heterocycles. The zero-order valence-corrected chi connectivity index (χ0v) is 8.10. The van der Waals surface area contributed by atoms with E-state index in [-0.39, 0.29) is 0 Å². The lowest BCUT2D eigenvalue weighted by atomic mass is 10.2. The van der Waals surface area contributed by atoms with Crippen LogP contribution < -0.4 is 11.7 Å². The van der Waals surface area contributed by atoms with Crippen molar-refractivity contribution < 1.29 is 9.63 Å². The number of hydrogen-bond acceptors (Lipinski definition) is 5. The number of aromatic nitrogens is 2. The molecule has 1 heterocycles. The van der Waals surface area contributed by atoms with Crippen molar-refractivity contribution in [1.29, 1.82) is 0 Å². The summed E-state index contributed by atoms with van der Waals surface area (Å²) in [6.07, 6.45) is 0. The molecule has 0 saturated carbocycles. The van der Waals surface area contributed by atoms with E-state index >= 15 is 0 Å². The van der Waals surface area contributed by atoms with Crippen LogP contribution in [0.1, 0.15) is 16.2 Å². The standard InChI is InChI=1S/C9H10N4O2/c1-5-12-7-3-2-6(9(14)15-11)4-8(7)13(5)10/h2-4H,10-11H2,1H3. The SMILES string of the molecule is Cc1nc2ccc(C(=O)ON)cc2n1N. The predicted octanol–water partition coefficient (Wildman–Crippen LogP) is 0.0890. The molecule has 0 atom stereocenters. The second kappa shape index (κ2) is 3.25. The highest BCUT2D eigenvalue weighted by molar-refractivity contribution is 5.93. The number of imidazole rings is 1. The van der Waals surface area contributed by atoms with Crippen LogP contribution >= 0.6 is 0 Å². The van der Waals surface area contributed by atoms with Gasteiger partial charge in [0.15, 0.2) is 0 Å². The van der Waals surface area contributed by atoms with E-state index < -0.39 is 5.97 Å². The Bertz CT molecular complexity index is 532. The maximum absolute atomic E-state index is 11.2. The normalized spacial score (nSPS) is 10.5. The topological polar surface area (TPSA) is 96.2 Å². The number of hydrogen-bond donors (Lipinski definition) is 2. The second-order valence-electron chi connectivity index (χ2n) is 3.14. The van der Waals surface area contributed by atoms with Crippen molar-refractivity contribution >= 4 is 17.0 Å². The molecule has 0 bridgehead atoms. The molecule has 0 fully saturated rings. The molecular weight excluding hydrogens is 196 g/mol. The van der Waals surface area contributed by atoms with Crippen LogP contribution in [0, 0.1) is 6.92 Å². The Balaban J connectivity index is 2.64. The minimum Gasteiger partial charge on any atom is -0.370 e. The molecule has 78 valence electrons. The minimum atomic E-state index is -0.601. The number of rotatable bonds is 1. The fraction of sp³-hybridized carbons (Fsp3) is 0.111. The van der Waals surface area contributed by atoms with Gasteiger partial charge in [0.25, 0.3) is 0 Å². The average Bonchev–Trinajstić information content (AvgIpc) is 2.54. The summed E-state index contributed by atoms with van der Waals surface area (Å²) in [5, 5.41) is 0. The zero-order valence-electron chi connectivity index (χ0n) is 8.10. The molecular formula is C9H10N4O2. The van der Waals surface area contributed by atoms with E-state index in [1.165, 1.54) is 4.68 Å². The van der Waals surface area contributed by atoms with Crippen molar-refractivity contribution in [1.82, 2.24) is 9.66 Å². The van der Waals surface area contributed by atoms with Gasteiger partial charge in [-0.1, -0.05) is 0 Å². The lowest BCUT2D eigenvalue weighted by Gasteiger charge is -1.99. The van der Waals surface area contributed by atoms with E-state index in [0.717, 1.165) is 5.52 Å². The monoisotopic (exact) mass is 206 g/mol. The first-order valence-corrected chi connectivity index (χ1v) is 4.28. The van der Waals surface area contributed by atoms with Gasteiger partial charge in [0.1, 0.15) is 5.82 Å². The van der Waals surface area contributed by atoms with E-state index in [2.05, 4.69) is 9.82 Å². The molecule has 0 aliphatic rings. The van der Waals surface area contributed by atoms with Crippen molar-refractivity contribution in [2.45, 2.75) is 6.92 Å². The molecule has 2 rings (SSSR count). The molecule has 0 saturated heterocycles. The first-order valence-electron chi connectivity index (χ1n) is 4.28. The highest BCUT2D eigenvalue weighted by atomic mass is 16.7. The molecule has 2 aromatic rings. The third-order valence-corrected chi connectivity index (χ3v) is 2.21. The van der Waals surface area contributed by atoms with Gasteiger partial charge >= 0.3 is 5.97 Å². The fourth-order valence-electron chi connectivity index (χ4n) is 1.41. The third kappa shape index (κ3) is 1.40. The number of carbonyl (C=O) groups excluding carboxylic acids is 1. The van der Waals surface area contributed by atoms with Gasteiger partial charge in [-0.25, -0.2) is 14.5 Å². The van der Waals surface area contributed by atoms with E-state index in [9.17, 15) is 4.79 Å². The van der Waals surface area contributed by atoms with Gasteiger partial charge in [0.05, 0.1) is 16.6 Å². The maximum Gasteiger partial charge on any atom is 0.356 e. The highest BCUT2D eigenvalue weighted by Gasteiger charge is 2.10. The van der Waals surface area contributed by atoms with Crippen LogP contribution in [0.5, 0.6) is 0 Å². The molecule has 4 N–H and O–H groups in total. The Kier molecular flexibility index (Phi) is 2.05. The Labute approximate surface area is 85.4 Å². The Morgan fingerprint density at radius 3 is 2.93 bits per heavy atom. The summed E-state index contributed by atoms with van der Waals surface area (Å²) in [5.74, 6) is 10.6. The third-order valence-electron chi connectivity index (χ3n) is 2.21. The van der Waals surface area contributed by atoms with Gasteiger partial charge in [0.2, 0.25) is 0 Å². The van der Waals surface area contributed by atoms with Crippen LogP contribution in [0.25, 0.3) is 11.0 Å². The second-order valence-corrected chi connectivity index (χ2v) is 3.14. The summed E-state index contributed by atoms with van der Waals surface area (Å²) in [6.45, 7) is 1.78. The smallest absolute Gasteiger partial charge is 0.356 e. The van der Waals surface area contributed by atoms with Crippen LogP contribution in [0.2, 0.25) is 0 Å². The molecule has 1 aromatic heterocycles. The van der Waals surface area contributed by atoms with Crippen molar-refractivity contribution in [2.24, 2.45) is 5.90 Å². The Morgan fingerprint density at radius 1 is 1.53 bits per heavy atom. The lowest BCUT2D eigenvalue weighted by Crippen LogP contribution is -2.12. The summed E-state index contributed by atoms with van der Waals surface area (Å²) < 4.78 is 1.41. The predicted molar refractivity (Wildman–Crippen MR) is 54.2 cm³/mol. The molecule has 6 nitrogen and oxygen atoms in total. The quantitative estimate of drug-likeness (QED) is 0.509. The van der Waals surface area contributed by atoms with E-state index in [0.29, 0.717) is 16.9 Å². The summed E-state index contributed by atoms with van der Waals surface area (Å²) in [5.41, 5.74) is 1.73. The lowest BCUT2D eigenvalue weighted by molar-refractivity contribution is 0.0503. The number of fused-ring (bicyclic) bond motifs is 1. The van der Waals surface area contributed by atoms with Crippen molar-refractivity contribution in [3.05, 3.63) is 29.6 Å². The Hall–Kier alpha value is -2.08. The molecule has 1 aromatic carbocycles. The van der Waals surface area contributed by atoms with Gasteiger partial charge in [-0.05, 0) is 25.1 Å². The highest BCUT2D eigenvalue weighted by Crippen LogP contribution is 2.15. The molecule has 0 aliphatic carbocycles. The first kappa shape index (κ1) is 9.47. The number of nitrogens with zero attached hydrogens (tertiary/aromatic N) is 2. The summed E-state index contributed by atoms with van der Waals surface area (Å²) >= 11 is 0.